The summed E-state index contributed by atoms with van der Waals surface area (Å²) in [5.41, 5.74) is 5.71. The molecule has 7 heteroatoms. The Morgan fingerprint density at radius 2 is 1.82 bits per heavy atom. The lowest BCUT2D eigenvalue weighted by Crippen LogP contribution is -2.47. The molecule has 1 aliphatic carbocycles. The van der Waals surface area contributed by atoms with E-state index in [0.717, 1.165) is 57.5 Å². The van der Waals surface area contributed by atoms with E-state index in [0.29, 0.717) is 24.8 Å². The first-order valence-corrected chi connectivity index (χ1v) is 12.5. The van der Waals surface area contributed by atoms with Crippen LogP contribution in [0.15, 0.2) is 30.3 Å². The van der Waals surface area contributed by atoms with E-state index < -0.39 is 0 Å². The molecule has 7 nitrogen and oxygen atoms in total. The highest BCUT2D eigenvalue weighted by atomic mass is 16.5. The van der Waals surface area contributed by atoms with E-state index in [-0.39, 0.29) is 6.03 Å². The minimum absolute atomic E-state index is 0.203. The van der Waals surface area contributed by atoms with Crippen LogP contribution in [0.5, 0.6) is 5.88 Å². The second-order valence-electron chi connectivity index (χ2n) is 9.29. The summed E-state index contributed by atoms with van der Waals surface area (Å²) in [4.78, 5) is 21.3. The Kier molecular flexibility index (Phi) is 6.95. The van der Waals surface area contributed by atoms with Crippen molar-refractivity contribution in [1.82, 2.24) is 15.2 Å². The number of aromatic nitrogens is 1. The zero-order valence-electron chi connectivity index (χ0n) is 19.4. The van der Waals surface area contributed by atoms with Crippen LogP contribution >= 0.6 is 0 Å². The van der Waals surface area contributed by atoms with Crippen molar-refractivity contribution in [3.63, 3.8) is 0 Å². The summed E-state index contributed by atoms with van der Waals surface area (Å²) in [6.07, 6.45) is 8.06. The molecular weight excluding hydrogens is 414 g/mol. The highest BCUT2D eigenvalue weighted by molar-refractivity contribution is 5.89. The average molecular weight is 450 g/mol. The fourth-order valence-electron chi connectivity index (χ4n) is 5.21. The largest absolute Gasteiger partial charge is 0.478 e. The number of carbonyl (C=O) groups is 1. The van der Waals surface area contributed by atoms with E-state index in [4.69, 9.17) is 4.74 Å². The molecule has 0 atom stereocenters. The summed E-state index contributed by atoms with van der Waals surface area (Å²) in [7, 11) is 0. The van der Waals surface area contributed by atoms with E-state index in [1.165, 1.54) is 31.4 Å². The smallest absolute Gasteiger partial charge is 0.320 e. The van der Waals surface area contributed by atoms with Crippen molar-refractivity contribution in [3.05, 3.63) is 47.0 Å². The number of hydrogen-bond acceptors (Lipinski definition) is 5. The van der Waals surface area contributed by atoms with Gasteiger partial charge < -0.3 is 15.0 Å². The molecule has 0 radical (unpaired) electrons. The molecule has 5 rings (SSSR count). The molecule has 2 N–H and O–H groups in total. The number of benzene rings is 1. The van der Waals surface area contributed by atoms with E-state index >= 15 is 0 Å². The fraction of sp³-hybridized carbons (Fsp3) is 0.538. The lowest BCUT2D eigenvalue weighted by Gasteiger charge is -2.38. The third-order valence-corrected chi connectivity index (χ3v) is 7.07. The van der Waals surface area contributed by atoms with Gasteiger partial charge in [-0.15, -0.1) is 0 Å². The molecule has 0 spiro atoms. The van der Waals surface area contributed by atoms with Crippen molar-refractivity contribution in [3.8, 4) is 5.88 Å². The average Bonchev–Trinajstić information content (AvgIpc) is 3.04. The Morgan fingerprint density at radius 3 is 2.73 bits per heavy atom. The van der Waals surface area contributed by atoms with Crippen molar-refractivity contribution in [1.29, 1.82) is 0 Å². The maximum Gasteiger partial charge on any atom is 0.320 e. The molecule has 1 fully saturated rings. The van der Waals surface area contributed by atoms with Crippen molar-refractivity contribution >= 4 is 17.5 Å². The number of aryl methyl sites for hydroxylation is 1. The van der Waals surface area contributed by atoms with Crippen molar-refractivity contribution in [2.75, 3.05) is 56.1 Å². The van der Waals surface area contributed by atoms with Gasteiger partial charge in [0, 0.05) is 44.5 Å². The zero-order valence-corrected chi connectivity index (χ0v) is 19.4. The predicted octanol–water partition coefficient (Wildman–Crippen LogP) is 3.62. The van der Waals surface area contributed by atoms with Gasteiger partial charge in [-0.1, -0.05) is 12.1 Å². The normalized spacial score (nSPS) is 18.5. The van der Waals surface area contributed by atoms with Crippen LogP contribution < -0.4 is 20.3 Å². The van der Waals surface area contributed by atoms with E-state index in [9.17, 15) is 4.79 Å². The number of rotatable bonds is 7. The SMILES string of the molecule is O=C1NCCc2ccc(OCCCCN3CCN(c4cccc5c4CCCC5)CC3)nc2N1. The van der Waals surface area contributed by atoms with Crippen molar-refractivity contribution in [2.24, 2.45) is 0 Å². The van der Waals surface area contributed by atoms with E-state index in [1.807, 2.05) is 12.1 Å². The molecule has 1 saturated heterocycles. The van der Waals surface area contributed by atoms with Gasteiger partial charge in [0.2, 0.25) is 5.88 Å². The number of fused-ring (bicyclic) bond motifs is 2. The van der Waals surface area contributed by atoms with Gasteiger partial charge in [0.15, 0.2) is 0 Å². The number of ether oxygens (including phenoxy) is 1. The fourth-order valence-corrected chi connectivity index (χ4v) is 5.21. The first-order valence-electron chi connectivity index (χ1n) is 12.5. The number of unbranched alkanes of at least 4 members (excludes halogenated alkanes) is 1. The summed E-state index contributed by atoms with van der Waals surface area (Å²) >= 11 is 0. The molecule has 0 saturated carbocycles. The first kappa shape index (κ1) is 22.0. The number of urea groups is 1. The zero-order chi connectivity index (χ0) is 22.5. The summed E-state index contributed by atoms with van der Waals surface area (Å²) in [6, 6.07) is 10.6. The van der Waals surface area contributed by atoms with Crippen LogP contribution in [0.4, 0.5) is 16.3 Å². The molecule has 1 aromatic heterocycles. The number of pyridine rings is 1. The number of piperazine rings is 1. The summed E-state index contributed by atoms with van der Waals surface area (Å²) in [6.45, 7) is 6.88. The highest BCUT2D eigenvalue weighted by Gasteiger charge is 2.21. The molecule has 3 aliphatic rings. The second-order valence-corrected chi connectivity index (χ2v) is 9.29. The number of nitrogens with one attached hydrogen (secondary N) is 2. The van der Waals surface area contributed by atoms with Gasteiger partial charge in [0.25, 0.3) is 0 Å². The Bertz CT molecular complexity index is 971. The lowest BCUT2D eigenvalue weighted by molar-refractivity contribution is 0.236. The van der Waals surface area contributed by atoms with Crippen LogP contribution in [0, 0.1) is 0 Å². The lowest BCUT2D eigenvalue weighted by atomic mass is 9.90. The van der Waals surface area contributed by atoms with Crippen molar-refractivity contribution < 1.29 is 9.53 Å². The number of nitrogens with zero attached hydrogens (tertiary/aromatic N) is 3. The summed E-state index contributed by atoms with van der Waals surface area (Å²) in [5.74, 6) is 1.19. The molecule has 33 heavy (non-hydrogen) atoms. The Balaban J connectivity index is 1.03. The van der Waals surface area contributed by atoms with Crippen LogP contribution in [-0.2, 0) is 19.3 Å². The van der Waals surface area contributed by atoms with Gasteiger partial charge in [0.1, 0.15) is 5.82 Å². The topological polar surface area (TPSA) is 69.7 Å². The third kappa shape index (κ3) is 5.41. The van der Waals surface area contributed by atoms with E-state index in [2.05, 4.69) is 43.6 Å². The predicted molar refractivity (Wildman–Crippen MR) is 131 cm³/mol. The molecule has 1 aromatic carbocycles. The van der Waals surface area contributed by atoms with Gasteiger partial charge in [0.05, 0.1) is 6.61 Å². The van der Waals surface area contributed by atoms with Gasteiger partial charge in [-0.2, -0.15) is 4.98 Å². The van der Waals surface area contributed by atoms with Gasteiger partial charge in [-0.05, 0) is 80.3 Å². The van der Waals surface area contributed by atoms with Crippen LogP contribution in [0.1, 0.15) is 42.4 Å². The second kappa shape index (κ2) is 10.4. The number of anilines is 2. The van der Waals surface area contributed by atoms with Crippen LogP contribution in [0.2, 0.25) is 0 Å². The minimum Gasteiger partial charge on any atom is -0.478 e. The Labute approximate surface area is 196 Å². The van der Waals surface area contributed by atoms with E-state index in [1.54, 1.807) is 11.1 Å². The maximum atomic E-state index is 11.7. The first-order chi connectivity index (χ1) is 16.3. The Hall–Kier alpha value is -2.80. The highest BCUT2D eigenvalue weighted by Crippen LogP contribution is 2.31. The monoisotopic (exact) mass is 449 g/mol. The number of carbonyl (C=O) groups excluding carboxylic acids is 1. The molecule has 0 unspecified atom stereocenters. The van der Waals surface area contributed by atoms with Crippen LogP contribution in [0.3, 0.4) is 0 Å². The van der Waals surface area contributed by atoms with Gasteiger partial charge in [-0.3, -0.25) is 10.2 Å². The van der Waals surface area contributed by atoms with Crippen LogP contribution in [-0.4, -0.2) is 61.8 Å². The molecule has 176 valence electrons. The van der Waals surface area contributed by atoms with Crippen LogP contribution in [0.25, 0.3) is 0 Å². The third-order valence-electron chi connectivity index (χ3n) is 7.07. The molecular formula is C26H35N5O2. The maximum absolute atomic E-state index is 11.7. The quantitative estimate of drug-likeness (QED) is 0.632. The summed E-state index contributed by atoms with van der Waals surface area (Å²) in [5, 5.41) is 5.58. The molecule has 2 aliphatic heterocycles. The molecule has 0 bridgehead atoms. The number of amides is 2. The van der Waals surface area contributed by atoms with Gasteiger partial charge >= 0.3 is 6.03 Å². The van der Waals surface area contributed by atoms with Crippen molar-refractivity contribution in [2.45, 2.75) is 44.9 Å². The standard InChI is InChI=1S/C26H35N5O2/c32-26-27-13-12-21-10-11-24(28-25(21)29-26)33-19-4-3-14-30-15-17-31(18-16-30)23-9-5-7-20-6-1-2-8-22(20)23/h5,7,9-11H,1-4,6,8,12-19H2,(H2,27,28,29,32). The molecule has 2 amide bonds. The molecule has 3 heterocycles. The molecule has 2 aromatic rings. The minimum atomic E-state index is -0.203. The number of hydrogen-bond donors (Lipinski definition) is 2. The van der Waals surface area contributed by atoms with Gasteiger partial charge in [-0.25, -0.2) is 4.79 Å². The summed E-state index contributed by atoms with van der Waals surface area (Å²) < 4.78 is 5.86. The Morgan fingerprint density at radius 1 is 0.939 bits per heavy atom.